The molecular weight excluding hydrogens is 342 g/mol. The number of nitrogens with zero attached hydrogens (tertiary/aromatic N) is 2. The Hall–Kier alpha value is -2.86. The van der Waals surface area contributed by atoms with E-state index in [2.05, 4.69) is 10.2 Å². The number of carbonyl (C=O) groups excluding carboxylic acids is 2. The number of benzene rings is 2. The zero-order chi connectivity index (χ0) is 19.2. The van der Waals surface area contributed by atoms with Crippen molar-refractivity contribution >= 4 is 11.8 Å². The van der Waals surface area contributed by atoms with Crippen LogP contribution in [0.2, 0.25) is 0 Å². The molecule has 2 aromatic rings. The lowest BCUT2D eigenvalue weighted by Crippen LogP contribution is -2.51. The standard InChI is InChI=1S/C21H25N3O3/c1-23-11-13-24(14-12-23)21(26)19(16-7-4-3-5-8-16)22-20(25)17-9-6-10-18(15-17)27-2/h3-10,15,19H,11-14H2,1-2H3,(H,22,25)/t19-/m0/s1. The molecule has 1 heterocycles. The molecule has 0 aromatic heterocycles. The highest BCUT2D eigenvalue weighted by Crippen LogP contribution is 2.19. The Morgan fingerprint density at radius 2 is 1.70 bits per heavy atom. The van der Waals surface area contributed by atoms with Crippen molar-refractivity contribution in [2.45, 2.75) is 6.04 Å². The van der Waals surface area contributed by atoms with Crippen molar-refractivity contribution in [2.75, 3.05) is 40.3 Å². The Kier molecular flexibility index (Phi) is 6.08. The van der Waals surface area contributed by atoms with E-state index < -0.39 is 6.04 Å². The highest BCUT2D eigenvalue weighted by Gasteiger charge is 2.29. The van der Waals surface area contributed by atoms with Crippen LogP contribution in [0.3, 0.4) is 0 Å². The maximum atomic E-state index is 13.2. The molecule has 1 fully saturated rings. The largest absolute Gasteiger partial charge is 0.497 e. The number of piperazine rings is 1. The lowest BCUT2D eigenvalue weighted by atomic mass is 10.0. The van der Waals surface area contributed by atoms with Crippen molar-refractivity contribution in [1.29, 1.82) is 0 Å². The van der Waals surface area contributed by atoms with Gasteiger partial charge < -0.3 is 19.9 Å². The van der Waals surface area contributed by atoms with Crippen molar-refractivity contribution < 1.29 is 14.3 Å². The van der Waals surface area contributed by atoms with Crippen LogP contribution in [0.25, 0.3) is 0 Å². The van der Waals surface area contributed by atoms with Crippen molar-refractivity contribution in [3.63, 3.8) is 0 Å². The summed E-state index contributed by atoms with van der Waals surface area (Å²) in [6.45, 7) is 2.98. The van der Waals surface area contributed by atoms with Gasteiger partial charge in [0, 0.05) is 31.7 Å². The highest BCUT2D eigenvalue weighted by atomic mass is 16.5. The minimum atomic E-state index is -0.715. The molecular formula is C21H25N3O3. The van der Waals surface area contributed by atoms with Crippen molar-refractivity contribution in [3.05, 3.63) is 65.7 Å². The fourth-order valence-electron chi connectivity index (χ4n) is 3.12. The minimum absolute atomic E-state index is 0.0782. The number of likely N-dealkylation sites (N-methyl/N-ethyl adjacent to an activating group) is 1. The number of ether oxygens (including phenoxy) is 1. The summed E-state index contributed by atoms with van der Waals surface area (Å²) in [5.74, 6) is 0.222. The van der Waals surface area contributed by atoms with Gasteiger partial charge in [0.25, 0.3) is 5.91 Å². The summed E-state index contributed by atoms with van der Waals surface area (Å²) in [7, 11) is 3.60. The summed E-state index contributed by atoms with van der Waals surface area (Å²) in [5.41, 5.74) is 1.24. The van der Waals surface area contributed by atoms with Gasteiger partial charge in [-0.25, -0.2) is 0 Å². The van der Waals surface area contributed by atoms with Crippen LogP contribution >= 0.6 is 0 Å². The van der Waals surface area contributed by atoms with E-state index in [1.165, 1.54) is 0 Å². The lowest BCUT2D eigenvalue weighted by molar-refractivity contribution is -0.135. The number of nitrogens with one attached hydrogen (secondary N) is 1. The second kappa shape index (κ2) is 8.68. The Morgan fingerprint density at radius 1 is 1.00 bits per heavy atom. The molecule has 2 aromatic carbocycles. The Bertz CT molecular complexity index is 786. The molecule has 1 saturated heterocycles. The van der Waals surface area contributed by atoms with Gasteiger partial charge in [0.1, 0.15) is 11.8 Å². The van der Waals surface area contributed by atoms with E-state index in [9.17, 15) is 9.59 Å². The molecule has 1 atom stereocenters. The van der Waals surface area contributed by atoms with Crippen LogP contribution in [0.15, 0.2) is 54.6 Å². The quantitative estimate of drug-likeness (QED) is 0.877. The van der Waals surface area contributed by atoms with E-state index in [1.807, 2.05) is 42.3 Å². The third kappa shape index (κ3) is 4.65. The van der Waals surface area contributed by atoms with E-state index in [4.69, 9.17) is 4.74 Å². The molecule has 3 rings (SSSR count). The molecule has 0 radical (unpaired) electrons. The maximum absolute atomic E-state index is 13.2. The second-order valence-electron chi connectivity index (χ2n) is 6.68. The number of carbonyl (C=O) groups is 2. The average molecular weight is 367 g/mol. The number of methoxy groups -OCH3 is 1. The minimum Gasteiger partial charge on any atom is -0.497 e. The average Bonchev–Trinajstić information content (AvgIpc) is 2.72. The van der Waals surface area contributed by atoms with E-state index in [0.717, 1.165) is 18.7 Å². The van der Waals surface area contributed by atoms with Gasteiger partial charge in [-0.05, 0) is 30.8 Å². The van der Waals surface area contributed by atoms with E-state index in [-0.39, 0.29) is 11.8 Å². The Labute approximate surface area is 159 Å². The van der Waals surface area contributed by atoms with Crippen LogP contribution in [0.4, 0.5) is 0 Å². The van der Waals surface area contributed by atoms with Crippen LogP contribution in [0, 0.1) is 0 Å². The molecule has 0 spiro atoms. The van der Waals surface area contributed by atoms with Crippen LogP contribution in [0.1, 0.15) is 22.0 Å². The topological polar surface area (TPSA) is 61.9 Å². The fraction of sp³-hybridized carbons (Fsp3) is 0.333. The summed E-state index contributed by atoms with van der Waals surface area (Å²) in [6.07, 6.45) is 0. The summed E-state index contributed by atoms with van der Waals surface area (Å²) in [5, 5.41) is 2.91. The van der Waals surface area contributed by atoms with Crippen LogP contribution < -0.4 is 10.1 Å². The van der Waals surface area contributed by atoms with Gasteiger partial charge in [0.05, 0.1) is 7.11 Å². The van der Waals surface area contributed by atoms with Crippen molar-refractivity contribution in [2.24, 2.45) is 0 Å². The van der Waals surface area contributed by atoms with E-state index >= 15 is 0 Å². The summed E-state index contributed by atoms with van der Waals surface area (Å²) in [6, 6.07) is 15.6. The SMILES string of the molecule is COc1cccc(C(=O)N[C@H](C(=O)N2CCN(C)CC2)c2ccccc2)c1. The van der Waals surface area contributed by atoms with Gasteiger partial charge in [0.2, 0.25) is 5.91 Å². The van der Waals surface area contributed by atoms with Crippen LogP contribution in [-0.2, 0) is 4.79 Å². The zero-order valence-corrected chi connectivity index (χ0v) is 15.7. The second-order valence-corrected chi connectivity index (χ2v) is 6.68. The molecule has 0 bridgehead atoms. The van der Waals surface area contributed by atoms with E-state index in [1.54, 1.807) is 31.4 Å². The molecule has 1 aliphatic heterocycles. The lowest BCUT2D eigenvalue weighted by Gasteiger charge is -2.35. The monoisotopic (exact) mass is 367 g/mol. The fourth-order valence-corrected chi connectivity index (χ4v) is 3.12. The first-order valence-electron chi connectivity index (χ1n) is 9.05. The predicted octanol–water partition coefficient (Wildman–Crippen LogP) is 1.94. The number of amides is 2. The first-order valence-corrected chi connectivity index (χ1v) is 9.05. The molecule has 2 amide bonds. The molecule has 0 aliphatic carbocycles. The van der Waals surface area contributed by atoms with Gasteiger partial charge in [-0.1, -0.05) is 36.4 Å². The predicted molar refractivity (Wildman–Crippen MR) is 104 cm³/mol. The maximum Gasteiger partial charge on any atom is 0.252 e. The van der Waals surface area contributed by atoms with Crippen LogP contribution in [0.5, 0.6) is 5.75 Å². The number of hydrogen-bond donors (Lipinski definition) is 1. The van der Waals surface area contributed by atoms with Gasteiger partial charge in [-0.2, -0.15) is 0 Å². The molecule has 0 unspecified atom stereocenters. The smallest absolute Gasteiger partial charge is 0.252 e. The third-order valence-corrected chi connectivity index (χ3v) is 4.80. The first kappa shape index (κ1) is 18.9. The number of hydrogen-bond acceptors (Lipinski definition) is 4. The molecule has 1 N–H and O–H groups in total. The van der Waals surface area contributed by atoms with Crippen molar-refractivity contribution in [3.8, 4) is 5.75 Å². The summed E-state index contributed by atoms with van der Waals surface area (Å²) in [4.78, 5) is 30.0. The molecule has 6 nitrogen and oxygen atoms in total. The first-order chi connectivity index (χ1) is 13.1. The van der Waals surface area contributed by atoms with Gasteiger partial charge in [-0.15, -0.1) is 0 Å². The molecule has 27 heavy (non-hydrogen) atoms. The third-order valence-electron chi connectivity index (χ3n) is 4.80. The summed E-state index contributed by atoms with van der Waals surface area (Å²) >= 11 is 0. The summed E-state index contributed by atoms with van der Waals surface area (Å²) < 4.78 is 5.19. The normalized spacial score (nSPS) is 15.9. The molecule has 0 saturated carbocycles. The Balaban J connectivity index is 1.82. The molecule has 142 valence electrons. The molecule has 6 heteroatoms. The molecule has 1 aliphatic rings. The van der Waals surface area contributed by atoms with Crippen molar-refractivity contribution in [1.82, 2.24) is 15.1 Å². The van der Waals surface area contributed by atoms with Gasteiger partial charge in [-0.3, -0.25) is 9.59 Å². The van der Waals surface area contributed by atoms with Gasteiger partial charge >= 0.3 is 0 Å². The Morgan fingerprint density at radius 3 is 2.37 bits per heavy atom. The zero-order valence-electron chi connectivity index (χ0n) is 15.7. The number of rotatable bonds is 5. The van der Waals surface area contributed by atoms with E-state index in [0.29, 0.717) is 24.4 Å². The highest BCUT2D eigenvalue weighted by molar-refractivity contribution is 5.98. The van der Waals surface area contributed by atoms with Crippen LogP contribution in [-0.4, -0.2) is 62.0 Å². The van der Waals surface area contributed by atoms with Gasteiger partial charge in [0.15, 0.2) is 0 Å².